The van der Waals surface area contributed by atoms with Crippen molar-refractivity contribution in [2.24, 2.45) is 5.84 Å². The highest BCUT2D eigenvalue weighted by molar-refractivity contribution is 5.95. The largest absolute Gasteiger partial charge is 0.339 e. The van der Waals surface area contributed by atoms with Gasteiger partial charge in [-0.1, -0.05) is 26.7 Å². The zero-order chi connectivity index (χ0) is 15.0. The molecule has 0 bridgehead atoms. The van der Waals surface area contributed by atoms with Crippen molar-refractivity contribution in [1.82, 2.24) is 9.88 Å². The summed E-state index contributed by atoms with van der Waals surface area (Å²) in [6.45, 7) is 7.75. The summed E-state index contributed by atoms with van der Waals surface area (Å²) in [6.07, 6.45) is 4.23. The summed E-state index contributed by atoms with van der Waals surface area (Å²) in [6, 6.07) is 3.52. The van der Waals surface area contributed by atoms with Gasteiger partial charge >= 0.3 is 0 Å². The standard InChI is InChI=1S/C15H26N4O/c1-4-6-8-19(9-7-5-2)15(20)13-10-12(3)17-14(11-13)18-16/h10-11H,4-9,16H2,1-3H3,(H,17,18). The van der Waals surface area contributed by atoms with Gasteiger partial charge in [0.25, 0.3) is 5.91 Å². The van der Waals surface area contributed by atoms with E-state index in [1.807, 2.05) is 17.9 Å². The van der Waals surface area contributed by atoms with Gasteiger partial charge in [-0.05, 0) is 31.9 Å². The van der Waals surface area contributed by atoms with Gasteiger partial charge in [-0.25, -0.2) is 10.8 Å². The third-order valence-electron chi connectivity index (χ3n) is 3.20. The van der Waals surface area contributed by atoms with Gasteiger partial charge in [-0.3, -0.25) is 4.79 Å². The summed E-state index contributed by atoms with van der Waals surface area (Å²) in [7, 11) is 0. The number of hydrogen-bond donors (Lipinski definition) is 2. The molecule has 0 aliphatic rings. The Morgan fingerprint density at radius 2 is 1.85 bits per heavy atom. The summed E-state index contributed by atoms with van der Waals surface area (Å²) in [5.74, 6) is 5.98. The second kappa shape index (κ2) is 8.53. The van der Waals surface area contributed by atoms with E-state index in [-0.39, 0.29) is 5.91 Å². The molecule has 1 amide bonds. The predicted molar refractivity (Wildman–Crippen MR) is 82.5 cm³/mol. The smallest absolute Gasteiger partial charge is 0.254 e. The molecule has 0 saturated carbocycles. The fraction of sp³-hybridized carbons (Fsp3) is 0.600. The Bertz CT molecular complexity index is 426. The van der Waals surface area contributed by atoms with Gasteiger partial charge in [-0.2, -0.15) is 0 Å². The monoisotopic (exact) mass is 278 g/mol. The van der Waals surface area contributed by atoms with Gasteiger partial charge in [0, 0.05) is 24.3 Å². The van der Waals surface area contributed by atoms with Crippen LogP contribution in [0.4, 0.5) is 5.82 Å². The van der Waals surface area contributed by atoms with Gasteiger partial charge in [0.2, 0.25) is 0 Å². The molecule has 20 heavy (non-hydrogen) atoms. The Morgan fingerprint density at radius 1 is 1.25 bits per heavy atom. The lowest BCUT2D eigenvalue weighted by atomic mass is 10.1. The second-order valence-electron chi connectivity index (χ2n) is 5.03. The van der Waals surface area contributed by atoms with Crippen LogP contribution in [-0.2, 0) is 0 Å². The molecule has 1 aromatic rings. The summed E-state index contributed by atoms with van der Waals surface area (Å²) >= 11 is 0. The maximum absolute atomic E-state index is 12.6. The Labute approximate surface area is 121 Å². The zero-order valence-corrected chi connectivity index (χ0v) is 12.8. The van der Waals surface area contributed by atoms with Crippen LogP contribution in [0.3, 0.4) is 0 Å². The van der Waals surface area contributed by atoms with E-state index in [0.717, 1.165) is 44.5 Å². The molecule has 0 unspecified atom stereocenters. The van der Waals surface area contributed by atoms with Crippen molar-refractivity contribution >= 4 is 11.7 Å². The number of nitrogens with zero attached hydrogens (tertiary/aromatic N) is 2. The molecular weight excluding hydrogens is 252 g/mol. The molecule has 5 nitrogen and oxygen atoms in total. The summed E-state index contributed by atoms with van der Waals surface area (Å²) in [4.78, 5) is 18.8. The summed E-state index contributed by atoms with van der Waals surface area (Å²) < 4.78 is 0. The highest BCUT2D eigenvalue weighted by atomic mass is 16.2. The van der Waals surface area contributed by atoms with E-state index in [4.69, 9.17) is 5.84 Å². The van der Waals surface area contributed by atoms with Crippen molar-refractivity contribution in [1.29, 1.82) is 0 Å². The number of hydrazine groups is 1. The molecule has 3 N–H and O–H groups in total. The maximum atomic E-state index is 12.6. The Morgan fingerprint density at radius 3 is 2.35 bits per heavy atom. The van der Waals surface area contributed by atoms with E-state index in [2.05, 4.69) is 24.3 Å². The average Bonchev–Trinajstić information content (AvgIpc) is 2.46. The Balaban J connectivity index is 2.89. The van der Waals surface area contributed by atoms with Gasteiger partial charge in [0.1, 0.15) is 5.82 Å². The number of hydrogen-bond acceptors (Lipinski definition) is 4. The van der Waals surface area contributed by atoms with E-state index in [1.54, 1.807) is 6.07 Å². The van der Waals surface area contributed by atoms with E-state index < -0.39 is 0 Å². The van der Waals surface area contributed by atoms with Crippen molar-refractivity contribution in [2.45, 2.75) is 46.5 Å². The van der Waals surface area contributed by atoms with Crippen LogP contribution >= 0.6 is 0 Å². The summed E-state index contributed by atoms with van der Waals surface area (Å²) in [5, 5.41) is 0. The summed E-state index contributed by atoms with van der Waals surface area (Å²) in [5.41, 5.74) is 3.94. The van der Waals surface area contributed by atoms with Crippen molar-refractivity contribution < 1.29 is 4.79 Å². The number of carbonyl (C=O) groups is 1. The van der Waals surface area contributed by atoms with Crippen LogP contribution in [0.1, 0.15) is 55.6 Å². The van der Waals surface area contributed by atoms with Crippen molar-refractivity contribution in [3.63, 3.8) is 0 Å². The predicted octanol–water partition coefficient (Wildman–Crippen LogP) is 2.72. The number of nitrogen functional groups attached to an aromatic ring is 1. The number of aromatic nitrogens is 1. The minimum absolute atomic E-state index is 0.0638. The lowest BCUT2D eigenvalue weighted by Crippen LogP contribution is -2.33. The molecule has 1 heterocycles. The molecule has 0 fully saturated rings. The normalized spacial score (nSPS) is 10.4. The molecule has 1 aromatic heterocycles. The van der Waals surface area contributed by atoms with Crippen molar-refractivity contribution in [3.05, 3.63) is 23.4 Å². The molecular formula is C15H26N4O. The molecule has 0 spiro atoms. The Kier molecular flexibility index (Phi) is 7.01. The fourth-order valence-corrected chi connectivity index (χ4v) is 2.06. The van der Waals surface area contributed by atoms with E-state index in [9.17, 15) is 4.79 Å². The highest BCUT2D eigenvalue weighted by Crippen LogP contribution is 2.13. The number of anilines is 1. The molecule has 1 rings (SSSR count). The minimum Gasteiger partial charge on any atom is -0.339 e. The first-order valence-electron chi connectivity index (χ1n) is 7.36. The van der Waals surface area contributed by atoms with E-state index >= 15 is 0 Å². The van der Waals surface area contributed by atoms with E-state index in [1.165, 1.54) is 0 Å². The molecule has 0 aliphatic carbocycles. The fourth-order valence-electron chi connectivity index (χ4n) is 2.06. The Hall–Kier alpha value is -1.62. The topological polar surface area (TPSA) is 71.2 Å². The average molecular weight is 278 g/mol. The number of amides is 1. The third kappa shape index (κ3) is 4.81. The third-order valence-corrected chi connectivity index (χ3v) is 3.20. The number of pyridine rings is 1. The quantitative estimate of drug-likeness (QED) is 0.566. The number of nitrogens with two attached hydrogens (primary N) is 1. The molecule has 0 aromatic carbocycles. The number of carbonyl (C=O) groups excluding carboxylic acids is 1. The van der Waals surface area contributed by atoms with Crippen LogP contribution < -0.4 is 11.3 Å². The first-order chi connectivity index (χ1) is 9.62. The molecule has 0 atom stereocenters. The molecule has 0 aliphatic heterocycles. The first-order valence-corrected chi connectivity index (χ1v) is 7.36. The van der Waals surface area contributed by atoms with Crippen LogP contribution in [0.5, 0.6) is 0 Å². The minimum atomic E-state index is 0.0638. The molecule has 112 valence electrons. The molecule has 5 heteroatoms. The van der Waals surface area contributed by atoms with Gasteiger partial charge in [0.15, 0.2) is 0 Å². The zero-order valence-electron chi connectivity index (χ0n) is 12.8. The highest BCUT2D eigenvalue weighted by Gasteiger charge is 2.16. The van der Waals surface area contributed by atoms with E-state index in [0.29, 0.717) is 11.4 Å². The second-order valence-corrected chi connectivity index (χ2v) is 5.03. The van der Waals surface area contributed by atoms with Crippen LogP contribution in [0, 0.1) is 6.92 Å². The van der Waals surface area contributed by atoms with Gasteiger partial charge in [-0.15, -0.1) is 0 Å². The van der Waals surface area contributed by atoms with Gasteiger partial charge in [0.05, 0.1) is 0 Å². The SMILES string of the molecule is CCCCN(CCCC)C(=O)c1cc(C)nc(NN)c1. The van der Waals surface area contributed by atoms with Crippen molar-refractivity contribution in [3.8, 4) is 0 Å². The van der Waals surface area contributed by atoms with Crippen LogP contribution in [0.25, 0.3) is 0 Å². The molecule has 0 saturated heterocycles. The number of unbranched alkanes of at least 4 members (excludes halogenated alkanes) is 2. The molecule has 0 radical (unpaired) electrons. The lowest BCUT2D eigenvalue weighted by Gasteiger charge is -2.22. The number of nitrogens with one attached hydrogen (secondary N) is 1. The maximum Gasteiger partial charge on any atom is 0.254 e. The number of rotatable bonds is 8. The van der Waals surface area contributed by atoms with Crippen LogP contribution in [0.2, 0.25) is 0 Å². The van der Waals surface area contributed by atoms with Crippen LogP contribution in [-0.4, -0.2) is 28.9 Å². The first kappa shape index (κ1) is 16.4. The van der Waals surface area contributed by atoms with Crippen molar-refractivity contribution in [2.75, 3.05) is 18.5 Å². The van der Waals surface area contributed by atoms with Crippen LogP contribution in [0.15, 0.2) is 12.1 Å². The number of aryl methyl sites for hydroxylation is 1. The lowest BCUT2D eigenvalue weighted by molar-refractivity contribution is 0.0751. The van der Waals surface area contributed by atoms with Gasteiger partial charge < -0.3 is 10.3 Å².